The quantitative estimate of drug-likeness (QED) is 0.904. The van der Waals surface area contributed by atoms with Gasteiger partial charge >= 0.3 is 5.97 Å². The molecule has 20 heavy (non-hydrogen) atoms. The maximum atomic E-state index is 12.6. The number of carboxylic acids is 1. The van der Waals surface area contributed by atoms with Crippen LogP contribution in [-0.2, 0) is 4.79 Å². The van der Waals surface area contributed by atoms with Crippen LogP contribution in [-0.4, -0.2) is 59.0 Å². The second-order valence-electron chi connectivity index (χ2n) is 5.25. The van der Waals surface area contributed by atoms with E-state index < -0.39 is 5.97 Å². The summed E-state index contributed by atoms with van der Waals surface area (Å²) in [6.07, 6.45) is -0.0237. The minimum atomic E-state index is -0.872. The minimum absolute atomic E-state index is 0.0237. The van der Waals surface area contributed by atoms with E-state index in [-0.39, 0.29) is 24.4 Å². The number of hydrogen-bond donors (Lipinski definition) is 1. The van der Waals surface area contributed by atoms with E-state index in [2.05, 4.69) is 4.90 Å². The van der Waals surface area contributed by atoms with Gasteiger partial charge < -0.3 is 10.0 Å². The molecule has 1 N–H and O–H groups in total. The standard InChI is InChI=1S/C15H20N2O3/c1-11-13(10-14(18)19)17(9-8-16(11)2)15(20)12-6-4-3-5-7-12/h3-7,11,13H,8-10H2,1-2H3,(H,18,19)/t11-,13-/m0/s1. The Kier molecular flexibility index (Phi) is 4.39. The molecule has 2 rings (SSSR count). The van der Waals surface area contributed by atoms with Crippen LogP contribution >= 0.6 is 0 Å². The number of benzene rings is 1. The van der Waals surface area contributed by atoms with Gasteiger partial charge in [0.15, 0.2) is 0 Å². The second-order valence-corrected chi connectivity index (χ2v) is 5.25. The zero-order valence-electron chi connectivity index (χ0n) is 11.8. The van der Waals surface area contributed by atoms with E-state index in [1.807, 2.05) is 32.2 Å². The molecule has 0 aliphatic carbocycles. The molecule has 1 fully saturated rings. The largest absolute Gasteiger partial charge is 0.481 e. The third-order valence-corrected chi connectivity index (χ3v) is 4.01. The highest BCUT2D eigenvalue weighted by Crippen LogP contribution is 2.21. The van der Waals surface area contributed by atoms with Crippen molar-refractivity contribution in [3.05, 3.63) is 35.9 Å². The van der Waals surface area contributed by atoms with Crippen LogP contribution < -0.4 is 0 Å². The van der Waals surface area contributed by atoms with E-state index in [9.17, 15) is 9.59 Å². The fraction of sp³-hybridized carbons (Fsp3) is 0.467. The highest BCUT2D eigenvalue weighted by molar-refractivity contribution is 5.94. The number of aliphatic carboxylic acids is 1. The first kappa shape index (κ1) is 14.5. The van der Waals surface area contributed by atoms with Gasteiger partial charge in [0.2, 0.25) is 0 Å². The van der Waals surface area contributed by atoms with Gasteiger partial charge in [-0.15, -0.1) is 0 Å². The van der Waals surface area contributed by atoms with Crippen LogP contribution in [0.25, 0.3) is 0 Å². The Bertz CT molecular complexity index is 489. The van der Waals surface area contributed by atoms with Crippen LogP contribution in [0.4, 0.5) is 0 Å². The first-order valence-corrected chi connectivity index (χ1v) is 6.78. The van der Waals surface area contributed by atoms with Gasteiger partial charge in [0.1, 0.15) is 0 Å². The average molecular weight is 276 g/mol. The normalized spacial score (nSPS) is 23.6. The zero-order chi connectivity index (χ0) is 14.7. The number of likely N-dealkylation sites (N-methyl/N-ethyl adjacent to an activating group) is 1. The van der Waals surface area contributed by atoms with Gasteiger partial charge in [-0.1, -0.05) is 18.2 Å². The first-order chi connectivity index (χ1) is 9.50. The van der Waals surface area contributed by atoms with Crippen LogP contribution in [0.5, 0.6) is 0 Å². The number of carboxylic acid groups (broad SMARTS) is 1. The number of carbonyl (C=O) groups excluding carboxylic acids is 1. The number of amides is 1. The molecule has 0 unspecified atom stereocenters. The first-order valence-electron chi connectivity index (χ1n) is 6.78. The summed E-state index contributed by atoms with van der Waals surface area (Å²) in [6, 6.07) is 8.77. The maximum absolute atomic E-state index is 12.6. The lowest BCUT2D eigenvalue weighted by atomic mass is 9.99. The molecular formula is C15H20N2O3. The van der Waals surface area contributed by atoms with Crippen LogP contribution in [0.15, 0.2) is 30.3 Å². The summed E-state index contributed by atoms with van der Waals surface area (Å²) < 4.78 is 0. The smallest absolute Gasteiger partial charge is 0.305 e. The van der Waals surface area contributed by atoms with Gasteiger partial charge in [-0.25, -0.2) is 0 Å². The van der Waals surface area contributed by atoms with Crippen molar-refractivity contribution < 1.29 is 14.7 Å². The number of piperazine rings is 1. The van der Waals surface area contributed by atoms with Crippen LogP contribution in [0.3, 0.4) is 0 Å². The van der Waals surface area contributed by atoms with Crippen molar-refractivity contribution in [3.8, 4) is 0 Å². The summed E-state index contributed by atoms with van der Waals surface area (Å²) in [5.74, 6) is -0.959. The third kappa shape index (κ3) is 2.99. The van der Waals surface area contributed by atoms with Crippen molar-refractivity contribution >= 4 is 11.9 Å². The van der Waals surface area contributed by atoms with Gasteiger partial charge in [0.05, 0.1) is 12.5 Å². The van der Waals surface area contributed by atoms with Crippen molar-refractivity contribution in [2.45, 2.75) is 25.4 Å². The lowest BCUT2D eigenvalue weighted by Crippen LogP contribution is -2.59. The van der Waals surface area contributed by atoms with Crippen LogP contribution in [0.2, 0.25) is 0 Å². The second kappa shape index (κ2) is 6.05. The molecule has 1 heterocycles. The average Bonchev–Trinajstić information content (AvgIpc) is 2.44. The fourth-order valence-corrected chi connectivity index (χ4v) is 2.65. The Labute approximate surface area is 118 Å². The molecule has 108 valence electrons. The topological polar surface area (TPSA) is 60.9 Å². The van der Waals surface area contributed by atoms with Crippen molar-refractivity contribution in [3.63, 3.8) is 0 Å². The lowest BCUT2D eigenvalue weighted by Gasteiger charge is -2.44. The van der Waals surface area contributed by atoms with E-state index in [4.69, 9.17) is 5.11 Å². The van der Waals surface area contributed by atoms with Crippen LogP contribution in [0.1, 0.15) is 23.7 Å². The van der Waals surface area contributed by atoms with Gasteiger partial charge in [-0.05, 0) is 26.1 Å². The minimum Gasteiger partial charge on any atom is -0.481 e. The van der Waals surface area contributed by atoms with Crippen LogP contribution in [0, 0.1) is 0 Å². The summed E-state index contributed by atoms with van der Waals surface area (Å²) in [6.45, 7) is 3.29. The predicted molar refractivity (Wildman–Crippen MR) is 75.6 cm³/mol. The number of rotatable bonds is 3. The molecule has 1 saturated heterocycles. The van der Waals surface area contributed by atoms with Gasteiger partial charge in [-0.2, -0.15) is 0 Å². The molecular weight excluding hydrogens is 256 g/mol. The molecule has 2 atom stereocenters. The van der Waals surface area contributed by atoms with Gasteiger partial charge in [-0.3, -0.25) is 14.5 Å². The Hall–Kier alpha value is -1.88. The highest BCUT2D eigenvalue weighted by Gasteiger charge is 2.36. The lowest BCUT2D eigenvalue weighted by molar-refractivity contribution is -0.139. The molecule has 1 aromatic carbocycles. The molecule has 1 amide bonds. The summed E-state index contributed by atoms with van der Waals surface area (Å²) in [4.78, 5) is 27.4. The summed E-state index contributed by atoms with van der Waals surface area (Å²) >= 11 is 0. The van der Waals surface area contributed by atoms with E-state index in [1.54, 1.807) is 17.0 Å². The molecule has 0 saturated carbocycles. The number of carbonyl (C=O) groups is 2. The zero-order valence-corrected chi connectivity index (χ0v) is 11.8. The molecule has 5 heteroatoms. The molecule has 1 aliphatic rings. The predicted octanol–water partition coefficient (Wildman–Crippen LogP) is 1.31. The molecule has 5 nitrogen and oxygen atoms in total. The third-order valence-electron chi connectivity index (χ3n) is 4.01. The molecule has 1 aliphatic heterocycles. The SMILES string of the molecule is C[C@H]1[C@H](CC(=O)O)N(C(=O)c2ccccc2)CCN1C. The monoisotopic (exact) mass is 276 g/mol. The van der Waals surface area contributed by atoms with E-state index in [0.29, 0.717) is 12.1 Å². The Balaban J connectivity index is 2.23. The molecule has 0 bridgehead atoms. The fourth-order valence-electron chi connectivity index (χ4n) is 2.65. The van der Waals surface area contributed by atoms with E-state index in [1.165, 1.54) is 0 Å². The Morgan fingerprint density at radius 1 is 1.25 bits per heavy atom. The van der Waals surface area contributed by atoms with Gasteiger partial charge in [0.25, 0.3) is 5.91 Å². The maximum Gasteiger partial charge on any atom is 0.305 e. The van der Waals surface area contributed by atoms with E-state index in [0.717, 1.165) is 6.54 Å². The molecule has 1 aromatic rings. The Morgan fingerprint density at radius 3 is 2.50 bits per heavy atom. The molecule has 0 radical (unpaired) electrons. The van der Waals surface area contributed by atoms with Crippen molar-refractivity contribution in [1.82, 2.24) is 9.80 Å². The van der Waals surface area contributed by atoms with Crippen molar-refractivity contribution in [1.29, 1.82) is 0 Å². The number of nitrogens with zero attached hydrogens (tertiary/aromatic N) is 2. The van der Waals surface area contributed by atoms with Crippen molar-refractivity contribution in [2.24, 2.45) is 0 Å². The van der Waals surface area contributed by atoms with Gasteiger partial charge in [0, 0.05) is 24.7 Å². The summed E-state index contributed by atoms with van der Waals surface area (Å²) in [7, 11) is 1.96. The Morgan fingerprint density at radius 2 is 1.90 bits per heavy atom. The molecule has 0 spiro atoms. The number of hydrogen-bond acceptors (Lipinski definition) is 3. The molecule has 0 aromatic heterocycles. The highest BCUT2D eigenvalue weighted by atomic mass is 16.4. The van der Waals surface area contributed by atoms with Crippen molar-refractivity contribution in [2.75, 3.05) is 20.1 Å². The summed E-state index contributed by atoms with van der Waals surface area (Å²) in [5, 5.41) is 9.08. The van der Waals surface area contributed by atoms with E-state index >= 15 is 0 Å². The summed E-state index contributed by atoms with van der Waals surface area (Å²) in [5.41, 5.74) is 0.611.